The van der Waals surface area contributed by atoms with Gasteiger partial charge in [0, 0.05) is 35.9 Å². The first-order valence-electron chi connectivity index (χ1n) is 9.42. The van der Waals surface area contributed by atoms with Gasteiger partial charge in [-0.15, -0.1) is 0 Å². The molecule has 0 unspecified atom stereocenters. The van der Waals surface area contributed by atoms with Crippen LogP contribution in [-0.4, -0.2) is 22.8 Å². The van der Waals surface area contributed by atoms with Crippen molar-refractivity contribution in [3.05, 3.63) is 58.2 Å². The molecule has 2 atom stereocenters. The van der Waals surface area contributed by atoms with Gasteiger partial charge in [0.25, 0.3) is 0 Å². The highest BCUT2D eigenvalue weighted by molar-refractivity contribution is 6.37. The number of benzene rings is 2. The zero-order valence-corrected chi connectivity index (χ0v) is 17.1. The highest BCUT2D eigenvalue weighted by Crippen LogP contribution is 2.37. The monoisotopic (exact) mass is 402 g/mol. The maximum Gasteiger partial charge on any atom is 0.0830 e. The van der Waals surface area contributed by atoms with Crippen molar-refractivity contribution in [2.45, 2.75) is 26.9 Å². The lowest BCUT2D eigenvalue weighted by Gasteiger charge is -2.37. The molecule has 1 aliphatic heterocycles. The fraction of sp³-hybridized carbons (Fsp3) is 0.364. The van der Waals surface area contributed by atoms with Gasteiger partial charge in [-0.1, -0.05) is 43.1 Å². The van der Waals surface area contributed by atoms with Gasteiger partial charge in [0.2, 0.25) is 0 Å². The Hall–Kier alpha value is -1.68. The third kappa shape index (κ3) is 3.33. The van der Waals surface area contributed by atoms with Crippen LogP contribution in [0.1, 0.15) is 25.8 Å². The average molecular weight is 403 g/mol. The zero-order chi connectivity index (χ0) is 19.1. The van der Waals surface area contributed by atoms with E-state index in [1.54, 1.807) is 0 Å². The van der Waals surface area contributed by atoms with Crippen molar-refractivity contribution in [1.29, 1.82) is 0 Å². The van der Waals surface area contributed by atoms with Gasteiger partial charge in [0.15, 0.2) is 0 Å². The topological polar surface area (TPSA) is 28.4 Å². The van der Waals surface area contributed by atoms with Gasteiger partial charge in [-0.25, -0.2) is 0 Å². The van der Waals surface area contributed by atoms with Crippen LogP contribution >= 0.6 is 23.2 Å². The Morgan fingerprint density at radius 2 is 1.67 bits per heavy atom. The summed E-state index contributed by atoms with van der Waals surface area (Å²) in [5.41, 5.74) is 3.87. The lowest BCUT2D eigenvalue weighted by Crippen LogP contribution is -2.39. The second kappa shape index (κ2) is 7.38. The van der Waals surface area contributed by atoms with Gasteiger partial charge in [-0.05, 0) is 48.6 Å². The summed E-state index contributed by atoms with van der Waals surface area (Å²) in [5, 5.41) is 12.4. The number of aliphatic hydroxyl groups is 1. The molecule has 0 bridgehead atoms. The van der Waals surface area contributed by atoms with Crippen molar-refractivity contribution >= 4 is 39.8 Å². The third-order valence-electron chi connectivity index (χ3n) is 5.51. The van der Waals surface area contributed by atoms with Crippen molar-refractivity contribution in [3.63, 3.8) is 0 Å². The van der Waals surface area contributed by atoms with Gasteiger partial charge < -0.3 is 14.6 Å². The van der Waals surface area contributed by atoms with E-state index in [0.29, 0.717) is 21.9 Å². The highest BCUT2D eigenvalue weighted by atomic mass is 35.5. The summed E-state index contributed by atoms with van der Waals surface area (Å²) >= 11 is 12.8. The Kier molecular flexibility index (Phi) is 5.11. The van der Waals surface area contributed by atoms with Gasteiger partial charge in [-0.3, -0.25) is 0 Å². The van der Waals surface area contributed by atoms with E-state index in [0.717, 1.165) is 40.9 Å². The molecule has 1 aliphatic rings. The summed E-state index contributed by atoms with van der Waals surface area (Å²) in [7, 11) is 0. The Morgan fingerprint density at radius 3 is 2.30 bits per heavy atom. The van der Waals surface area contributed by atoms with Crippen molar-refractivity contribution < 1.29 is 5.11 Å². The van der Waals surface area contributed by atoms with E-state index >= 15 is 0 Å². The van der Waals surface area contributed by atoms with Gasteiger partial charge in [0.1, 0.15) is 0 Å². The number of hydrogen-bond acceptors (Lipinski definition) is 2. The van der Waals surface area contributed by atoms with Gasteiger partial charge >= 0.3 is 0 Å². The van der Waals surface area contributed by atoms with E-state index in [4.69, 9.17) is 23.2 Å². The lowest BCUT2D eigenvalue weighted by atomic mass is 9.91. The van der Waals surface area contributed by atoms with Crippen LogP contribution in [0.25, 0.3) is 16.6 Å². The number of rotatable bonds is 3. The van der Waals surface area contributed by atoms with E-state index in [1.807, 2.05) is 35.0 Å². The summed E-state index contributed by atoms with van der Waals surface area (Å²) in [6.07, 6.45) is 3.23. The molecule has 4 rings (SSSR count). The number of para-hydroxylation sites is 1. The third-order valence-corrected chi connectivity index (χ3v) is 6.12. The van der Waals surface area contributed by atoms with Gasteiger partial charge in [-0.2, -0.15) is 0 Å². The van der Waals surface area contributed by atoms with Crippen LogP contribution in [0.5, 0.6) is 0 Å². The Morgan fingerprint density at radius 1 is 1.00 bits per heavy atom. The van der Waals surface area contributed by atoms with Crippen LogP contribution in [0.2, 0.25) is 10.0 Å². The smallest absolute Gasteiger partial charge is 0.0830 e. The number of anilines is 1. The fourth-order valence-electron chi connectivity index (χ4n) is 4.50. The molecule has 1 saturated heterocycles. The van der Waals surface area contributed by atoms with E-state index in [1.165, 1.54) is 6.42 Å². The minimum atomic E-state index is 0.00615. The lowest BCUT2D eigenvalue weighted by molar-refractivity contribution is 0.282. The standard InChI is InChI=1S/C22H24Cl2N2O/c1-14-10-15(2)12-25(11-14)20-6-7-21-16(17(20)13-27)8-9-26(21)22-18(23)4-3-5-19(22)24/h3-9,14-15,27H,10-13H2,1-2H3/t14-,15+. The van der Waals surface area contributed by atoms with Crippen molar-refractivity contribution in [2.24, 2.45) is 11.8 Å². The van der Waals surface area contributed by atoms with Crippen LogP contribution in [-0.2, 0) is 6.61 Å². The van der Waals surface area contributed by atoms with Gasteiger partial charge in [0.05, 0.1) is 27.9 Å². The second-order valence-electron chi connectivity index (χ2n) is 7.76. The average Bonchev–Trinajstić information content (AvgIpc) is 3.04. The van der Waals surface area contributed by atoms with Crippen LogP contribution in [0.4, 0.5) is 5.69 Å². The van der Waals surface area contributed by atoms with Crippen LogP contribution < -0.4 is 4.90 Å². The Bertz CT molecular complexity index is 952. The fourth-order valence-corrected chi connectivity index (χ4v) is 5.08. The Balaban J connectivity index is 1.85. The first-order chi connectivity index (χ1) is 13.0. The van der Waals surface area contributed by atoms with E-state index in [9.17, 15) is 5.11 Å². The summed E-state index contributed by atoms with van der Waals surface area (Å²) in [6, 6.07) is 11.8. The van der Waals surface area contributed by atoms with Crippen molar-refractivity contribution in [2.75, 3.05) is 18.0 Å². The number of piperidine rings is 1. The molecule has 1 N–H and O–H groups in total. The minimum Gasteiger partial charge on any atom is -0.392 e. The molecule has 2 heterocycles. The first kappa shape index (κ1) is 18.7. The molecule has 142 valence electrons. The summed E-state index contributed by atoms with van der Waals surface area (Å²) in [4.78, 5) is 2.42. The van der Waals surface area contributed by atoms with E-state index < -0.39 is 0 Å². The molecule has 1 aromatic heterocycles. The normalized spacial score (nSPS) is 20.4. The summed E-state index contributed by atoms with van der Waals surface area (Å²) < 4.78 is 2.00. The second-order valence-corrected chi connectivity index (χ2v) is 8.58. The molecule has 0 amide bonds. The summed E-state index contributed by atoms with van der Waals surface area (Å²) in [5.74, 6) is 1.31. The largest absolute Gasteiger partial charge is 0.392 e. The molecule has 27 heavy (non-hydrogen) atoms. The van der Waals surface area contributed by atoms with Crippen LogP contribution in [0, 0.1) is 11.8 Å². The maximum atomic E-state index is 10.2. The Labute approximate surface area is 170 Å². The molecule has 0 radical (unpaired) electrons. The highest BCUT2D eigenvalue weighted by Gasteiger charge is 2.24. The molecule has 0 aliphatic carbocycles. The molecule has 2 aromatic carbocycles. The molecule has 3 nitrogen and oxygen atoms in total. The number of aromatic nitrogens is 1. The molecule has 3 aromatic rings. The number of halogens is 2. The van der Waals surface area contributed by atoms with Crippen LogP contribution in [0.15, 0.2) is 42.6 Å². The number of aliphatic hydroxyl groups excluding tert-OH is 1. The van der Waals surface area contributed by atoms with Crippen molar-refractivity contribution in [3.8, 4) is 5.69 Å². The van der Waals surface area contributed by atoms with E-state index in [2.05, 4.69) is 30.9 Å². The molecule has 1 fully saturated rings. The zero-order valence-electron chi connectivity index (χ0n) is 15.6. The summed E-state index contributed by atoms with van der Waals surface area (Å²) in [6.45, 7) is 6.66. The van der Waals surface area contributed by atoms with Crippen molar-refractivity contribution in [1.82, 2.24) is 4.57 Å². The quantitative estimate of drug-likeness (QED) is 0.589. The molecule has 5 heteroatoms. The number of nitrogens with zero attached hydrogens (tertiary/aromatic N) is 2. The molecule has 0 saturated carbocycles. The maximum absolute atomic E-state index is 10.2. The predicted molar refractivity (Wildman–Crippen MR) is 114 cm³/mol. The minimum absolute atomic E-state index is 0.00615. The predicted octanol–water partition coefficient (Wildman–Crippen LogP) is 5.91. The molecular formula is C22H24Cl2N2O. The number of fused-ring (bicyclic) bond motifs is 1. The SMILES string of the molecule is C[C@@H]1C[C@H](C)CN(c2ccc3c(ccn3-c3c(Cl)cccc3Cl)c2CO)C1. The van der Waals surface area contributed by atoms with Crippen LogP contribution in [0.3, 0.4) is 0 Å². The van der Waals surface area contributed by atoms with E-state index in [-0.39, 0.29) is 6.61 Å². The first-order valence-corrected chi connectivity index (χ1v) is 10.2. The molecule has 0 spiro atoms. The molecular weight excluding hydrogens is 379 g/mol. The number of hydrogen-bond donors (Lipinski definition) is 1.